The molecule has 2 aliphatic heterocycles. The summed E-state index contributed by atoms with van der Waals surface area (Å²) in [5.41, 5.74) is 7.30. The van der Waals surface area contributed by atoms with Crippen LogP contribution in [0.15, 0.2) is 24.3 Å². The van der Waals surface area contributed by atoms with Crippen LogP contribution in [0.2, 0.25) is 0 Å². The number of benzene rings is 1. The van der Waals surface area contributed by atoms with Crippen LogP contribution < -0.4 is 15.8 Å². The Bertz CT molecular complexity index is 451. The molecular formula is C15H23N3O. The molecule has 3 rings (SSSR count). The highest BCUT2D eigenvalue weighted by atomic mass is 16.5. The number of fused-ring (bicyclic) bond motifs is 2. The van der Waals surface area contributed by atoms with Gasteiger partial charge >= 0.3 is 0 Å². The van der Waals surface area contributed by atoms with Crippen LogP contribution in [0.1, 0.15) is 12.8 Å². The Hall–Kier alpha value is -1.26. The molecule has 104 valence electrons. The van der Waals surface area contributed by atoms with E-state index < -0.39 is 0 Å². The van der Waals surface area contributed by atoms with Crippen LogP contribution in [-0.4, -0.2) is 43.7 Å². The summed E-state index contributed by atoms with van der Waals surface area (Å²) in [7, 11) is 1.70. The smallest absolute Gasteiger partial charge is 0.120 e. The molecule has 2 aliphatic rings. The van der Waals surface area contributed by atoms with Gasteiger partial charge in [-0.3, -0.25) is 0 Å². The van der Waals surface area contributed by atoms with Gasteiger partial charge in [0.25, 0.3) is 0 Å². The molecule has 0 radical (unpaired) electrons. The fourth-order valence-corrected chi connectivity index (χ4v) is 3.52. The quantitative estimate of drug-likeness (QED) is 0.863. The molecule has 3 unspecified atom stereocenters. The van der Waals surface area contributed by atoms with E-state index in [1.807, 2.05) is 12.1 Å². The van der Waals surface area contributed by atoms with Crippen molar-refractivity contribution in [3.05, 3.63) is 24.3 Å². The monoisotopic (exact) mass is 261 g/mol. The van der Waals surface area contributed by atoms with E-state index in [0.29, 0.717) is 12.5 Å². The summed E-state index contributed by atoms with van der Waals surface area (Å²) in [6.07, 6.45) is 2.39. The van der Waals surface area contributed by atoms with Gasteiger partial charge in [-0.25, -0.2) is 0 Å². The predicted molar refractivity (Wildman–Crippen MR) is 77.6 cm³/mol. The zero-order valence-corrected chi connectivity index (χ0v) is 11.6. The van der Waals surface area contributed by atoms with Gasteiger partial charge in [0.2, 0.25) is 0 Å². The SMILES string of the molecule is COc1cccc(NC2(CN)CCN3CCC2C3)c1. The molecular weight excluding hydrogens is 238 g/mol. The number of nitrogens with zero attached hydrogens (tertiary/aromatic N) is 1. The van der Waals surface area contributed by atoms with E-state index in [9.17, 15) is 0 Å². The number of ether oxygens (including phenoxy) is 1. The van der Waals surface area contributed by atoms with Crippen molar-refractivity contribution >= 4 is 5.69 Å². The van der Waals surface area contributed by atoms with Crippen molar-refractivity contribution in [3.8, 4) is 5.75 Å². The van der Waals surface area contributed by atoms with Crippen LogP contribution in [0.4, 0.5) is 5.69 Å². The fourth-order valence-electron chi connectivity index (χ4n) is 3.52. The maximum absolute atomic E-state index is 6.13. The van der Waals surface area contributed by atoms with E-state index in [1.165, 1.54) is 19.5 Å². The lowest BCUT2D eigenvalue weighted by atomic mass is 9.78. The molecule has 3 N–H and O–H groups in total. The minimum Gasteiger partial charge on any atom is -0.497 e. The van der Waals surface area contributed by atoms with Gasteiger partial charge in [0.05, 0.1) is 12.6 Å². The van der Waals surface area contributed by atoms with Gasteiger partial charge in [0, 0.05) is 31.4 Å². The minimum atomic E-state index is 0.0549. The first kappa shape index (κ1) is 12.8. The Morgan fingerprint density at radius 1 is 1.47 bits per heavy atom. The van der Waals surface area contributed by atoms with Crippen LogP contribution in [0.25, 0.3) is 0 Å². The highest BCUT2D eigenvalue weighted by molar-refractivity contribution is 5.50. The summed E-state index contributed by atoms with van der Waals surface area (Å²) in [6.45, 7) is 4.27. The highest BCUT2D eigenvalue weighted by Crippen LogP contribution is 2.37. The third-order valence-electron chi connectivity index (χ3n) is 4.76. The molecule has 0 amide bonds. The first-order chi connectivity index (χ1) is 9.25. The van der Waals surface area contributed by atoms with E-state index in [0.717, 1.165) is 24.4 Å². The lowest BCUT2D eigenvalue weighted by Crippen LogP contribution is -2.56. The van der Waals surface area contributed by atoms with Crippen molar-refractivity contribution in [2.75, 3.05) is 38.6 Å². The Labute approximate surface area is 114 Å². The molecule has 2 fully saturated rings. The fraction of sp³-hybridized carbons (Fsp3) is 0.600. The van der Waals surface area contributed by atoms with Gasteiger partial charge < -0.3 is 20.7 Å². The third kappa shape index (κ3) is 2.30. The molecule has 2 bridgehead atoms. The van der Waals surface area contributed by atoms with E-state index >= 15 is 0 Å². The zero-order chi connectivity index (χ0) is 13.3. The maximum Gasteiger partial charge on any atom is 0.120 e. The van der Waals surface area contributed by atoms with Crippen LogP contribution in [0, 0.1) is 5.92 Å². The number of nitrogens with one attached hydrogen (secondary N) is 1. The summed E-state index contributed by atoms with van der Waals surface area (Å²) < 4.78 is 5.29. The Balaban J connectivity index is 1.82. The van der Waals surface area contributed by atoms with E-state index in [4.69, 9.17) is 10.5 Å². The lowest BCUT2D eigenvalue weighted by molar-refractivity contribution is 0.190. The van der Waals surface area contributed by atoms with Crippen molar-refractivity contribution in [1.29, 1.82) is 0 Å². The van der Waals surface area contributed by atoms with E-state index in [2.05, 4.69) is 22.3 Å². The second kappa shape index (κ2) is 5.02. The van der Waals surface area contributed by atoms with Crippen molar-refractivity contribution in [3.63, 3.8) is 0 Å². The van der Waals surface area contributed by atoms with Crippen LogP contribution in [0.3, 0.4) is 0 Å². The molecule has 1 aromatic rings. The Morgan fingerprint density at radius 3 is 3.16 bits per heavy atom. The van der Waals surface area contributed by atoms with Gasteiger partial charge in [0.15, 0.2) is 0 Å². The molecule has 0 saturated carbocycles. The van der Waals surface area contributed by atoms with Gasteiger partial charge in [-0.05, 0) is 37.4 Å². The predicted octanol–water partition coefficient (Wildman–Crippen LogP) is 1.53. The number of hydrogen-bond donors (Lipinski definition) is 2. The number of nitrogens with two attached hydrogens (primary N) is 1. The molecule has 19 heavy (non-hydrogen) atoms. The zero-order valence-electron chi connectivity index (χ0n) is 11.6. The lowest BCUT2D eigenvalue weighted by Gasteiger charge is -2.43. The summed E-state index contributed by atoms with van der Waals surface area (Å²) in [5.74, 6) is 1.55. The molecule has 0 aliphatic carbocycles. The van der Waals surface area contributed by atoms with E-state index in [1.54, 1.807) is 7.11 Å². The summed E-state index contributed by atoms with van der Waals surface area (Å²) in [5, 5.41) is 3.71. The number of hydrogen-bond acceptors (Lipinski definition) is 4. The first-order valence-corrected chi connectivity index (χ1v) is 7.10. The van der Waals surface area contributed by atoms with Gasteiger partial charge in [-0.1, -0.05) is 6.07 Å². The third-order valence-corrected chi connectivity index (χ3v) is 4.76. The minimum absolute atomic E-state index is 0.0549. The molecule has 2 heterocycles. The van der Waals surface area contributed by atoms with Gasteiger partial charge in [0.1, 0.15) is 5.75 Å². The molecule has 1 aromatic carbocycles. The number of anilines is 1. The number of piperidine rings is 1. The highest BCUT2D eigenvalue weighted by Gasteiger charge is 2.45. The van der Waals surface area contributed by atoms with Crippen LogP contribution >= 0.6 is 0 Å². The Kier molecular flexibility index (Phi) is 3.37. The summed E-state index contributed by atoms with van der Waals surface area (Å²) in [6, 6.07) is 8.15. The Morgan fingerprint density at radius 2 is 2.37 bits per heavy atom. The number of rotatable bonds is 4. The van der Waals surface area contributed by atoms with Gasteiger partial charge in [-0.15, -0.1) is 0 Å². The molecule has 4 nitrogen and oxygen atoms in total. The van der Waals surface area contributed by atoms with Crippen LogP contribution in [0.5, 0.6) is 5.75 Å². The first-order valence-electron chi connectivity index (χ1n) is 7.10. The van der Waals surface area contributed by atoms with Crippen molar-refractivity contribution < 1.29 is 4.74 Å². The summed E-state index contributed by atoms with van der Waals surface area (Å²) >= 11 is 0. The molecule has 2 saturated heterocycles. The molecule has 3 atom stereocenters. The van der Waals surface area contributed by atoms with Gasteiger partial charge in [-0.2, -0.15) is 0 Å². The largest absolute Gasteiger partial charge is 0.497 e. The molecule has 0 spiro atoms. The number of methoxy groups -OCH3 is 1. The normalized spacial score (nSPS) is 33.2. The second-order valence-electron chi connectivity index (χ2n) is 5.75. The summed E-state index contributed by atoms with van der Waals surface area (Å²) in [4.78, 5) is 2.55. The van der Waals surface area contributed by atoms with Crippen LogP contribution in [-0.2, 0) is 0 Å². The van der Waals surface area contributed by atoms with Crippen molar-refractivity contribution in [1.82, 2.24) is 4.90 Å². The standard InChI is InChI=1S/C15H23N3O/c1-19-14-4-2-3-13(9-14)17-15(11-16)6-8-18-7-5-12(15)10-18/h2-4,9,12,17H,5-8,10-11,16H2,1H3. The van der Waals surface area contributed by atoms with Crippen molar-refractivity contribution in [2.45, 2.75) is 18.4 Å². The maximum atomic E-state index is 6.13. The van der Waals surface area contributed by atoms with E-state index in [-0.39, 0.29) is 5.54 Å². The van der Waals surface area contributed by atoms with Crippen molar-refractivity contribution in [2.24, 2.45) is 11.7 Å². The average Bonchev–Trinajstić information content (AvgIpc) is 2.87. The average molecular weight is 261 g/mol. The molecule has 0 aromatic heterocycles. The topological polar surface area (TPSA) is 50.5 Å². The second-order valence-corrected chi connectivity index (χ2v) is 5.75. The molecule has 4 heteroatoms.